The number of carbonyl (C=O) groups is 2. The number of hydrogen-bond donors (Lipinski definition) is 1. The largest absolute Gasteiger partial charge is 0.372 e. The topological polar surface area (TPSA) is 68.8 Å². The fourth-order valence-electron chi connectivity index (χ4n) is 3.56. The van der Waals surface area contributed by atoms with Crippen LogP contribution in [0.4, 0.5) is 17.2 Å². The fraction of sp³-hybridized carbons (Fsp3) is 0.409. The highest BCUT2D eigenvalue weighted by Crippen LogP contribution is 2.25. The van der Waals surface area contributed by atoms with Gasteiger partial charge in [-0.25, -0.2) is 4.98 Å². The van der Waals surface area contributed by atoms with Gasteiger partial charge in [0, 0.05) is 62.4 Å². The van der Waals surface area contributed by atoms with E-state index in [-0.39, 0.29) is 5.91 Å². The molecule has 1 aliphatic heterocycles. The SMILES string of the molecule is CCN(CC)c1ccc(Nc2cc(C(=O)N3CCN(C=O)CC3)ccn2)c(C)c1. The molecule has 7 heteroatoms. The molecule has 154 valence electrons. The minimum atomic E-state index is -0.0328. The molecule has 0 spiro atoms. The van der Waals surface area contributed by atoms with Gasteiger partial charge in [0.25, 0.3) is 5.91 Å². The molecule has 1 aromatic carbocycles. The summed E-state index contributed by atoms with van der Waals surface area (Å²) >= 11 is 0. The van der Waals surface area contributed by atoms with E-state index in [4.69, 9.17) is 0 Å². The zero-order chi connectivity index (χ0) is 20.8. The van der Waals surface area contributed by atoms with Crippen LogP contribution in [0.15, 0.2) is 36.5 Å². The van der Waals surface area contributed by atoms with E-state index in [2.05, 4.69) is 54.2 Å². The third kappa shape index (κ3) is 4.85. The van der Waals surface area contributed by atoms with Crippen LogP contribution in [0.2, 0.25) is 0 Å². The second-order valence-corrected chi connectivity index (χ2v) is 7.16. The molecule has 1 aliphatic rings. The van der Waals surface area contributed by atoms with Crippen molar-refractivity contribution in [3.63, 3.8) is 0 Å². The van der Waals surface area contributed by atoms with Crippen molar-refractivity contribution >= 4 is 29.5 Å². The van der Waals surface area contributed by atoms with Gasteiger partial charge < -0.3 is 20.0 Å². The smallest absolute Gasteiger partial charge is 0.254 e. The van der Waals surface area contributed by atoms with Gasteiger partial charge in [-0.3, -0.25) is 9.59 Å². The average molecular weight is 396 g/mol. The predicted molar refractivity (Wildman–Crippen MR) is 116 cm³/mol. The Kier molecular flexibility index (Phi) is 6.69. The molecular formula is C22H29N5O2. The van der Waals surface area contributed by atoms with E-state index in [9.17, 15) is 9.59 Å². The van der Waals surface area contributed by atoms with Gasteiger partial charge in [-0.1, -0.05) is 0 Å². The molecule has 2 heterocycles. The molecule has 3 rings (SSSR count). The molecule has 0 radical (unpaired) electrons. The molecule has 7 nitrogen and oxygen atoms in total. The predicted octanol–water partition coefficient (Wildman–Crippen LogP) is 2.89. The summed E-state index contributed by atoms with van der Waals surface area (Å²) in [5.74, 6) is 0.607. The first kappa shape index (κ1) is 20.6. The molecule has 0 saturated carbocycles. The second kappa shape index (κ2) is 9.41. The lowest BCUT2D eigenvalue weighted by Gasteiger charge is -2.32. The van der Waals surface area contributed by atoms with Crippen LogP contribution in [0.1, 0.15) is 29.8 Å². The summed E-state index contributed by atoms with van der Waals surface area (Å²) in [4.78, 5) is 33.8. The summed E-state index contributed by atoms with van der Waals surface area (Å²) in [5, 5.41) is 3.33. The van der Waals surface area contributed by atoms with Crippen molar-refractivity contribution in [3.8, 4) is 0 Å². The number of aromatic nitrogens is 1. The zero-order valence-electron chi connectivity index (χ0n) is 17.4. The van der Waals surface area contributed by atoms with Crippen LogP contribution in [0.5, 0.6) is 0 Å². The number of anilines is 3. The number of nitrogens with zero attached hydrogens (tertiary/aromatic N) is 4. The lowest BCUT2D eigenvalue weighted by molar-refractivity contribution is -0.119. The van der Waals surface area contributed by atoms with E-state index in [1.165, 1.54) is 5.69 Å². The van der Waals surface area contributed by atoms with Gasteiger partial charge in [-0.05, 0) is 56.7 Å². The number of pyridine rings is 1. The van der Waals surface area contributed by atoms with Crippen molar-refractivity contribution in [2.24, 2.45) is 0 Å². The van der Waals surface area contributed by atoms with Crippen LogP contribution in [0, 0.1) is 6.92 Å². The molecule has 1 aromatic heterocycles. The van der Waals surface area contributed by atoms with Crippen molar-refractivity contribution < 1.29 is 9.59 Å². The second-order valence-electron chi connectivity index (χ2n) is 7.16. The number of amides is 2. The normalized spacial score (nSPS) is 13.9. The summed E-state index contributed by atoms with van der Waals surface area (Å²) in [7, 11) is 0. The monoisotopic (exact) mass is 395 g/mol. The molecule has 0 bridgehead atoms. The molecule has 0 atom stereocenters. The molecule has 1 saturated heterocycles. The fourth-order valence-corrected chi connectivity index (χ4v) is 3.56. The summed E-state index contributed by atoms with van der Waals surface area (Å²) in [5.41, 5.74) is 3.89. The number of piperazine rings is 1. The highest BCUT2D eigenvalue weighted by Gasteiger charge is 2.21. The number of benzene rings is 1. The van der Waals surface area contributed by atoms with Crippen LogP contribution in [-0.2, 0) is 4.79 Å². The number of carbonyl (C=O) groups excluding carboxylic acids is 2. The molecular weight excluding hydrogens is 366 g/mol. The first-order valence-electron chi connectivity index (χ1n) is 10.1. The maximum atomic E-state index is 12.8. The Morgan fingerprint density at radius 2 is 1.86 bits per heavy atom. The molecule has 2 aromatic rings. The summed E-state index contributed by atoms with van der Waals surface area (Å²) in [6.45, 7) is 10.5. The zero-order valence-corrected chi connectivity index (χ0v) is 17.4. The Balaban J connectivity index is 1.71. The minimum absolute atomic E-state index is 0.0328. The first-order chi connectivity index (χ1) is 14.0. The van der Waals surface area contributed by atoms with E-state index in [0.29, 0.717) is 37.6 Å². The van der Waals surface area contributed by atoms with Gasteiger partial charge in [0.2, 0.25) is 6.41 Å². The number of hydrogen-bond acceptors (Lipinski definition) is 5. The van der Waals surface area contributed by atoms with Crippen molar-refractivity contribution in [2.75, 3.05) is 49.5 Å². The van der Waals surface area contributed by atoms with E-state index in [0.717, 1.165) is 30.8 Å². The van der Waals surface area contributed by atoms with Gasteiger partial charge >= 0.3 is 0 Å². The van der Waals surface area contributed by atoms with Gasteiger partial charge in [-0.15, -0.1) is 0 Å². The van der Waals surface area contributed by atoms with Crippen LogP contribution >= 0.6 is 0 Å². The number of aryl methyl sites for hydroxylation is 1. The molecule has 0 unspecified atom stereocenters. The Hall–Kier alpha value is -3.09. The van der Waals surface area contributed by atoms with Gasteiger partial charge in [-0.2, -0.15) is 0 Å². The average Bonchev–Trinajstić information content (AvgIpc) is 2.76. The van der Waals surface area contributed by atoms with Gasteiger partial charge in [0.05, 0.1) is 0 Å². The highest BCUT2D eigenvalue weighted by atomic mass is 16.2. The van der Waals surface area contributed by atoms with E-state index in [1.54, 1.807) is 28.1 Å². The Labute approximate surface area is 172 Å². The van der Waals surface area contributed by atoms with E-state index in [1.807, 2.05) is 0 Å². The molecule has 0 aliphatic carbocycles. The molecule has 1 fully saturated rings. The summed E-state index contributed by atoms with van der Waals surface area (Å²) < 4.78 is 0. The van der Waals surface area contributed by atoms with Crippen molar-refractivity contribution in [1.29, 1.82) is 0 Å². The lowest BCUT2D eigenvalue weighted by atomic mass is 10.1. The van der Waals surface area contributed by atoms with Crippen LogP contribution in [0.3, 0.4) is 0 Å². The lowest BCUT2D eigenvalue weighted by Crippen LogP contribution is -2.48. The van der Waals surface area contributed by atoms with Crippen LogP contribution in [-0.4, -0.2) is 66.4 Å². The van der Waals surface area contributed by atoms with Gasteiger partial charge in [0.15, 0.2) is 0 Å². The van der Waals surface area contributed by atoms with Crippen molar-refractivity contribution in [3.05, 3.63) is 47.7 Å². The Bertz CT molecular complexity index is 858. The quantitative estimate of drug-likeness (QED) is 0.730. The third-order valence-corrected chi connectivity index (χ3v) is 5.36. The Morgan fingerprint density at radius 3 is 2.48 bits per heavy atom. The standard InChI is InChI=1S/C22H29N5O2/c1-4-26(5-2)19-6-7-20(17(3)14-19)24-21-15-18(8-9-23-21)22(29)27-12-10-25(16-28)11-13-27/h6-9,14-16H,4-5,10-13H2,1-3H3,(H,23,24). The highest BCUT2D eigenvalue weighted by molar-refractivity contribution is 5.95. The molecule has 1 N–H and O–H groups in total. The Morgan fingerprint density at radius 1 is 1.14 bits per heavy atom. The third-order valence-electron chi connectivity index (χ3n) is 5.36. The van der Waals surface area contributed by atoms with E-state index >= 15 is 0 Å². The van der Waals surface area contributed by atoms with Crippen molar-refractivity contribution in [1.82, 2.24) is 14.8 Å². The molecule has 29 heavy (non-hydrogen) atoms. The number of rotatable bonds is 7. The maximum Gasteiger partial charge on any atom is 0.254 e. The van der Waals surface area contributed by atoms with Crippen molar-refractivity contribution in [2.45, 2.75) is 20.8 Å². The first-order valence-corrected chi connectivity index (χ1v) is 10.1. The van der Waals surface area contributed by atoms with E-state index < -0.39 is 0 Å². The summed E-state index contributed by atoms with van der Waals surface area (Å²) in [6.07, 6.45) is 2.49. The number of nitrogens with one attached hydrogen (secondary N) is 1. The molecule has 2 amide bonds. The van der Waals surface area contributed by atoms with Gasteiger partial charge in [0.1, 0.15) is 5.82 Å². The van der Waals surface area contributed by atoms with Crippen LogP contribution in [0.25, 0.3) is 0 Å². The van der Waals surface area contributed by atoms with Crippen LogP contribution < -0.4 is 10.2 Å². The summed E-state index contributed by atoms with van der Waals surface area (Å²) in [6, 6.07) is 9.83. The minimum Gasteiger partial charge on any atom is -0.372 e. The maximum absolute atomic E-state index is 12.8.